The number of aromatic carboxylic acids is 1. The predicted octanol–water partition coefficient (Wildman–Crippen LogP) is 3.65. The molecule has 2 aromatic rings. The van der Waals surface area contributed by atoms with E-state index in [4.69, 9.17) is 10.8 Å². The Morgan fingerprint density at radius 3 is 2.10 bits per heavy atom. The molecule has 0 unspecified atom stereocenters. The van der Waals surface area contributed by atoms with Gasteiger partial charge in [-0.05, 0) is 41.5 Å². The lowest BCUT2D eigenvalue weighted by atomic mass is 10.0. The fourth-order valence-electron chi connectivity index (χ4n) is 1.79. The number of alkyl halides is 3. The molecule has 2 rings (SSSR count). The third kappa shape index (κ3) is 2.90. The Balaban J connectivity index is 2.44. The molecule has 0 atom stereocenters. The van der Waals surface area contributed by atoms with Gasteiger partial charge in [-0.25, -0.2) is 4.79 Å². The third-order valence-corrected chi connectivity index (χ3v) is 2.75. The number of anilines is 1. The molecule has 0 aliphatic carbocycles. The van der Waals surface area contributed by atoms with Crippen LogP contribution in [0.5, 0.6) is 0 Å². The highest BCUT2D eigenvalue weighted by Gasteiger charge is 2.29. The Kier molecular flexibility index (Phi) is 3.40. The smallest absolute Gasteiger partial charge is 0.416 e. The first-order chi connectivity index (χ1) is 9.27. The lowest BCUT2D eigenvalue weighted by Crippen LogP contribution is -2.04. The highest BCUT2D eigenvalue weighted by atomic mass is 19.4. The molecule has 2 aromatic carbocycles. The monoisotopic (exact) mass is 281 g/mol. The Morgan fingerprint density at radius 2 is 1.60 bits per heavy atom. The van der Waals surface area contributed by atoms with Crippen LogP contribution in [0.25, 0.3) is 11.1 Å². The molecule has 0 bridgehead atoms. The minimum absolute atomic E-state index is 0.0140. The lowest BCUT2D eigenvalue weighted by Gasteiger charge is -2.09. The summed E-state index contributed by atoms with van der Waals surface area (Å²) in [5.74, 6) is -1.15. The summed E-state index contributed by atoms with van der Waals surface area (Å²) in [6, 6.07) is 8.61. The maximum atomic E-state index is 12.5. The van der Waals surface area contributed by atoms with Crippen molar-refractivity contribution in [3.8, 4) is 11.1 Å². The van der Waals surface area contributed by atoms with Crippen molar-refractivity contribution in [3.05, 3.63) is 53.6 Å². The molecule has 0 spiro atoms. The van der Waals surface area contributed by atoms with Crippen LogP contribution in [0.3, 0.4) is 0 Å². The van der Waals surface area contributed by atoms with E-state index >= 15 is 0 Å². The molecule has 0 aliphatic heterocycles. The molecule has 0 saturated carbocycles. The molecular formula is C14H10F3NO2. The minimum Gasteiger partial charge on any atom is -0.478 e. The van der Waals surface area contributed by atoms with Crippen LogP contribution in [-0.4, -0.2) is 11.1 Å². The van der Waals surface area contributed by atoms with E-state index in [1.807, 2.05) is 0 Å². The van der Waals surface area contributed by atoms with E-state index in [9.17, 15) is 18.0 Å². The second kappa shape index (κ2) is 4.88. The van der Waals surface area contributed by atoms with Gasteiger partial charge in [0.25, 0.3) is 0 Å². The second-order valence-corrected chi connectivity index (χ2v) is 4.22. The van der Waals surface area contributed by atoms with Gasteiger partial charge in [0.05, 0.1) is 11.1 Å². The Morgan fingerprint density at radius 1 is 1.00 bits per heavy atom. The summed E-state index contributed by atoms with van der Waals surface area (Å²) in [5, 5.41) is 8.93. The fourth-order valence-corrected chi connectivity index (χ4v) is 1.79. The van der Waals surface area contributed by atoms with Crippen molar-refractivity contribution in [2.75, 3.05) is 5.73 Å². The summed E-state index contributed by atoms with van der Waals surface area (Å²) < 4.78 is 37.4. The number of carboxylic acids is 1. The molecule has 0 saturated heterocycles. The summed E-state index contributed by atoms with van der Waals surface area (Å²) >= 11 is 0. The van der Waals surface area contributed by atoms with Crippen LogP contribution >= 0.6 is 0 Å². The normalized spacial score (nSPS) is 11.3. The number of nitrogen functional groups attached to an aromatic ring is 1. The molecule has 0 amide bonds. The van der Waals surface area contributed by atoms with Gasteiger partial charge in [0.2, 0.25) is 0 Å². The third-order valence-electron chi connectivity index (χ3n) is 2.75. The van der Waals surface area contributed by atoms with Crippen molar-refractivity contribution in [1.29, 1.82) is 0 Å². The van der Waals surface area contributed by atoms with Crippen molar-refractivity contribution in [3.63, 3.8) is 0 Å². The van der Waals surface area contributed by atoms with Gasteiger partial charge in [-0.2, -0.15) is 13.2 Å². The molecule has 0 aromatic heterocycles. The van der Waals surface area contributed by atoms with Gasteiger partial charge in [0.15, 0.2) is 0 Å². The van der Waals surface area contributed by atoms with Gasteiger partial charge in [0.1, 0.15) is 0 Å². The number of nitrogens with two attached hydrogens (primary N) is 1. The number of benzene rings is 2. The summed E-state index contributed by atoms with van der Waals surface area (Å²) in [6.45, 7) is 0. The maximum Gasteiger partial charge on any atom is 0.416 e. The van der Waals surface area contributed by atoms with E-state index in [2.05, 4.69) is 0 Å². The van der Waals surface area contributed by atoms with Crippen LogP contribution in [0, 0.1) is 0 Å². The van der Waals surface area contributed by atoms with Gasteiger partial charge in [-0.3, -0.25) is 0 Å². The van der Waals surface area contributed by atoms with Crippen molar-refractivity contribution < 1.29 is 23.1 Å². The summed E-state index contributed by atoms with van der Waals surface area (Å²) in [6.07, 6.45) is -4.40. The van der Waals surface area contributed by atoms with E-state index in [0.29, 0.717) is 11.1 Å². The summed E-state index contributed by atoms with van der Waals surface area (Å²) in [5.41, 5.74) is 5.97. The zero-order valence-electron chi connectivity index (χ0n) is 10.1. The van der Waals surface area contributed by atoms with Gasteiger partial charge in [-0.1, -0.05) is 12.1 Å². The van der Waals surface area contributed by atoms with Crippen molar-refractivity contribution in [2.24, 2.45) is 0 Å². The minimum atomic E-state index is -4.40. The van der Waals surface area contributed by atoms with Crippen LogP contribution in [0.4, 0.5) is 18.9 Å². The standard InChI is InChI=1S/C14H10F3NO2/c15-14(16,17)11-3-1-8(2-4-11)9-5-10(13(19)20)7-12(18)6-9/h1-7H,18H2,(H,19,20). The largest absolute Gasteiger partial charge is 0.478 e. The van der Waals surface area contributed by atoms with Gasteiger partial charge < -0.3 is 10.8 Å². The Hall–Kier alpha value is -2.50. The number of halogens is 3. The quantitative estimate of drug-likeness (QED) is 0.826. The predicted molar refractivity (Wildman–Crippen MR) is 68.3 cm³/mol. The first kappa shape index (κ1) is 13.9. The van der Waals surface area contributed by atoms with Crippen LogP contribution < -0.4 is 5.73 Å². The highest BCUT2D eigenvalue weighted by Crippen LogP contribution is 2.31. The molecule has 20 heavy (non-hydrogen) atoms. The van der Waals surface area contributed by atoms with Crippen LogP contribution in [0.2, 0.25) is 0 Å². The maximum absolute atomic E-state index is 12.5. The molecule has 104 valence electrons. The Labute approximate surface area is 112 Å². The zero-order valence-corrected chi connectivity index (χ0v) is 10.1. The molecular weight excluding hydrogens is 271 g/mol. The number of carboxylic acid groups (broad SMARTS) is 1. The van der Waals surface area contributed by atoms with Crippen molar-refractivity contribution in [1.82, 2.24) is 0 Å². The first-order valence-electron chi connectivity index (χ1n) is 5.59. The zero-order chi connectivity index (χ0) is 14.9. The highest BCUT2D eigenvalue weighted by molar-refractivity contribution is 5.91. The number of hydrogen-bond acceptors (Lipinski definition) is 2. The van der Waals surface area contributed by atoms with Crippen molar-refractivity contribution in [2.45, 2.75) is 6.18 Å². The van der Waals surface area contributed by atoms with Gasteiger partial charge in [0, 0.05) is 5.69 Å². The van der Waals surface area contributed by atoms with E-state index in [1.54, 1.807) is 0 Å². The SMILES string of the molecule is Nc1cc(C(=O)O)cc(-c2ccc(C(F)(F)F)cc2)c1. The second-order valence-electron chi connectivity index (χ2n) is 4.22. The van der Waals surface area contributed by atoms with E-state index in [-0.39, 0.29) is 11.3 Å². The molecule has 0 aliphatic rings. The van der Waals surface area contributed by atoms with Crippen LogP contribution in [0.15, 0.2) is 42.5 Å². The van der Waals surface area contributed by atoms with Crippen LogP contribution in [-0.2, 0) is 6.18 Å². The topological polar surface area (TPSA) is 63.3 Å². The van der Waals surface area contributed by atoms with Gasteiger partial charge >= 0.3 is 12.1 Å². The molecule has 0 heterocycles. The van der Waals surface area contributed by atoms with E-state index in [0.717, 1.165) is 12.1 Å². The summed E-state index contributed by atoms with van der Waals surface area (Å²) in [4.78, 5) is 10.9. The molecule has 0 radical (unpaired) electrons. The lowest BCUT2D eigenvalue weighted by molar-refractivity contribution is -0.137. The number of carbonyl (C=O) groups is 1. The van der Waals surface area contributed by atoms with E-state index in [1.165, 1.54) is 30.3 Å². The van der Waals surface area contributed by atoms with Crippen LogP contribution in [0.1, 0.15) is 15.9 Å². The molecule has 6 heteroatoms. The summed E-state index contributed by atoms with van der Waals surface area (Å²) in [7, 11) is 0. The average Bonchev–Trinajstić information content (AvgIpc) is 2.37. The van der Waals surface area contributed by atoms with Gasteiger partial charge in [-0.15, -0.1) is 0 Å². The number of rotatable bonds is 2. The first-order valence-corrected chi connectivity index (χ1v) is 5.59. The average molecular weight is 281 g/mol. The molecule has 3 nitrogen and oxygen atoms in total. The molecule has 0 fully saturated rings. The number of hydrogen-bond donors (Lipinski definition) is 2. The fraction of sp³-hybridized carbons (Fsp3) is 0.0714. The van der Waals surface area contributed by atoms with Crippen molar-refractivity contribution >= 4 is 11.7 Å². The molecule has 3 N–H and O–H groups in total. The van der Waals surface area contributed by atoms with E-state index < -0.39 is 17.7 Å². The Bertz CT molecular complexity index is 648.